The predicted molar refractivity (Wildman–Crippen MR) is 58.3 cm³/mol. The number of carbonyl (C=O) groups is 1. The molecule has 3 nitrogen and oxygen atoms in total. The third kappa shape index (κ3) is 2.18. The first-order chi connectivity index (χ1) is 7.31. The predicted octanol–water partition coefficient (Wildman–Crippen LogP) is 1.49. The quantitative estimate of drug-likeness (QED) is 0.757. The van der Waals surface area contributed by atoms with Crippen molar-refractivity contribution < 1.29 is 9.53 Å². The molecule has 80 valence electrons. The Morgan fingerprint density at radius 2 is 2.07 bits per heavy atom. The molecule has 0 radical (unpaired) electrons. The highest BCUT2D eigenvalue weighted by molar-refractivity contribution is 5.98. The van der Waals surface area contributed by atoms with Crippen LogP contribution in [0, 0.1) is 5.92 Å². The number of nitrogens with one attached hydrogen (secondary N) is 1. The summed E-state index contributed by atoms with van der Waals surface area (Å²) in [7, 11) is 0. The smallest absolute Gasteiger partial charge is 0.168 e. The lowest BCUT2D eigenvalue weighted by Gasteiger charge is -2.25. The molecule has 1 aliphatic heterocycles. The zero-order chi connectivity index (χ0) is 10.7. The molecule has 1 aliphatic rings. The molecule has 0 saturated carbocycles. The Morgan fingerprint density at radius 1 is 1.40 bits per heavy atom. The van der Waals surface area contributed by atoms with Crippen LogP contribution in [0.4, 0.5) is 0 Å². The van der Waals surface area contributed by atoms with Gasteiger partial charge in [0.2, 0.25) is 0 Å². The first-order valence-electron chi connectivity index (χ1n) is 5.29. The molecule has 0 aromatic heterocycles. The van der Waals surface area contributed by atoms with Crippen LogP contribution >= 0.6 is 0 Å². The van der Waals surface area contributed by atoms with Gasteiger partial charge in [-0.05, 0) is 31.2 Å². The van der Waals surface area contributed by atoms with Crippen LogP contribution in [-0.4, -0.2) is 25.5 Å². The summed E-state index contributed by atoms with van der Waals surface area (Å²) in [6.45, 7) is 4.22. The Kier molecular flexibility index (Phi) is 3.02. The molecule has 0 atom stereocenters. The van der Waals surface area contributed by atoms with Crippen LogP contribution in [-0.2, 0) is 0 Å². The van der Waals surface area contributed by atoms with E-state index in [4.69, 9.17) is 4.74 Å². The molecule has 0 spiro atoms. The van der Waals surface area contributed by atoms with Crippen molar-refractivity contribution >= 4 is 5.78 Å². The summed E-state index contributed by atoms with van der Waals surface area (Å²) in [5, 5.41) is 3.10. The maximum absolute atomic E-state index is 11.8. The molecule has 1 aromatic carbocycles. The summed E-state index contributed by atoms with van der Waals surface area (Å²) in [5.74, 6) is 1.22. The summed E-state index contributed by atoms with van der Waals surface area (Å²) in [6, 6.07) is 7.38. The van der Waals surface area contributed by atoms with Crippen molar-refractivity contribution in [1.29, 1.82) is 0 Å². The van der Waals surface area contributed by atoms with Crippen LogP contribution in [0.25, 0.3) is 0 Å². The highest BCUT2D eigenvalue weighted by atomic mass is 16.5. The molecule has 1 heterocycles. The molecule has 1 aromatic rings. The van der Waals surface area contributed by atoms with Gasteiger partial charge in [-0.3, -0.25) is 4.79 Å². The van der Waals surface area contributed by atoms with Crippen molar-refractivity contribution in [3.8, 4) is 5.75 Å². The van der Waals surface area contributed by atoms with Crippen molar-refractivity contribution in [2.75, 3.05) is 19.7 Å². The molecule has 3 heteroatoms. The standard InChI is InChI=1S/C12H15NO2/c1-2-15-11-5-3-9(4-6-11)12(14)10-7-13-8-10/h3-6,10,13H,2,7-8H2,1H3. The summed E-state index contributed by atoms with van der Waals surface area (Å²) < 4.78 is 5.32. The van der Waals surface area contributed by atoms with Crippen LogP contribution < -0.4 is 10.1 Å². The number of hydrogen-bond donors (Lipinski definition) is 1. The van der Waals surface area contributed by atoms with E-state index >= 15 is 0 Å². The van der Waals surface area contributed by atoms with Crippen molar-refractivity contribution in [2.24, 2.45) is 5.92 Å². The van der Waals surface area contributed by atoms with E-state index in [9.17, 15) is 4.79 Å². The van der Waals surface area contributed by atoms with E-state index in [0.717, 1.165) is 24.4 Å². The molecular weight excluding hydrogens is 190 g/mol. The van der Waals surface area contributed by atoms with E-state index in [1.807, 2.05) is 31.2 Å². The number of ketones is 1. The fourth-order valence-corrected chi connectivity index (χ4v) is 1.59. The van der Waals surface area contributed by atoms with Crippen LogP contribution in [0.3, 0.4) is 0 Å². The molecule has 0 amide bonds. The largest absolute Gasteiger partial charge is 0.494 e. The number of hydrogen-bond acceptors (Lipinski definition) is 3. The lowest BCUT2D eigenvalue weighted by atomic mass is 9.93. The second kappa shape index (κ2) is 4.45. The van der Waals surface area contributed by atoms with Crippen LogP contribution in [0.15, 0.2) is 24.3 Å². The van der Waals surface area contributed by atoms with Crippen molar-refractivity contribution in [3.05, 3.63) is 29.8 Å². The normalized spacial score (nSPS) is 15.8. The summed E-state index contributed by atoms with van der Waals surface area (Å²) in [6.07, 6.45) is 0. The van der Waals surface area contributed by atoms with Gasteiger partial charge in [-0.25, -0.2) is 0 Å². The van der Waals surface area contributed by atoms with Gasteiger partial charge in [0.15, 0.2) is 5.78 Å². The van der Waals surface area contributed by atoms with Gasteiger partial charge in [0.05, 0.1) is 6.61 Å². The molecule has 0 unspecified atom stereocenters. The Labute approximate surface area is 89.4 Å². The minimum Gasteiger partial charge on any atom is -0.494 e. The van der Waals surface area contributed by atoms with E-state index in [1.54, 1.807) is 0 Å². The van der Waals surface area contributed by atoms with Gasteiger partial charge < -0.3 is 10.1 Å². The number of ether oxygens (including phenoxy) is 1. The summed E-state index contributed by atoms with van der Waals surface area (Å²) >= 11 is 0. The zero-order valence-corrected chi connectivity index (χ0v) is 8.82. The number of benzene rings is 1. The minimum atomic E-state index is 0.169. The maximum atomic E-state index is 11.8. The SMILES string of the molecule is CCOc1ccc(C(=O)C2CNC2)cc1. The van der Waals surface area contributed by atoms with E-state index in [2.05, 4.69) is 5.32 Å². The molecule has 1 fully saturated rings. The minimum absolute atomic E-state index is 0.169. The van der Waals surface area contributed by atoms with Gasteiger partial charge in [0.1, 0.15) is 5.75 Å². The molecule has 1 N–H and O–H groups in total. The molecule has 0 aliphatic carbocycles. The van der Waals surface area contributed by atoms with Gasteiger partial charge in [-0.15, -0.1) is 0 Å². The second-order valence-electron chi connectivity index (χ2n) is 3.68. The monoisotopic (exact) mass is 205 g/mol. The Morgan fingerprint density at radius 3 is 2.53 bits per heavy atom. The average Bonchev–Trinajstić information content (AvgIpc) is 2.16. The Balaban J connectivity index is 2.05. The number of carbonyl (C=O) groups excluding carboxylic acids is 1. The van der Waals surface area contributed by atoms with Crippen molar-refractivity contribution in [2.45, 2.75) is 6.92 Å². The summed E-state index contributed by atoms with van der Waals surface area (Å²) in [5.41, 5.74) is 0.782. The first-order valence-corrected chi connectivity index (χ1v) is 5.29. The molecule has 2 rings (SSSR count). The van der Waals surface area contributed by atoms with Crippen LogP contribution in [0.1, 0.15) is 17.3 Å². The van der Waals surface area contributed by atoms with E-state index in [1.165, 1.54) is 0 Å². The lowest BCUT2D eigenvalue weighted by molar-refractivity contribution is 0.0878. The zero-order valence-electron chi connectivity index (χ0n) is 8.82. The average molecular weight is 205 g/mol. The molecule has 1 saturated heterocycles. The highest BCUT2D eigenvalue weighted by Crippen LogP contribution is 2.16. The fraction of sp³-hybridized carbons (Fsp3) is 0.417. The molecular formula is C12H15NO2. The third-order valence-corrected chi connectivity index (χ3v) is 2.60. The maximum Gasteiger partial charge on any atom is 0.168 e. The van der Waals surface area contributed by atoms with Crippen LogP contribution in [0.2, 0.25) is 0 Å². The highest BCUT2D eigenvalue weighted by Gasteiger charge is 2.25. The molecule has 15 heavy (non-hydrogen) atoms. The van der Waals surface area contributed by atoms with Gasteiger partial charge in [-0.1, -0.05) is 0 Å². The topological polar surface area (TPSA) is 38.3 Å². The van der Waals surface area contributed by atoms with E-state index in [0.29, 0.717) is 6.61 Å². The summed E-state index contributed by atoms with van der Waals surface area (Å²) in [4.78, 5) is 11.8. The number of rotatable bonds is 4. The van der Waals surface area contributed by atoms with Gasteiger partial charge in [-0.2, -0.15) is 0 Å². The second-order valence-corrected chi connectivity index (χ2v) is 3.68. The Hall–Kier alpha value is -1.35. The van der Waals surface area contributed by atoms with Crippen molar-refractivity contribution in [3.63, 3.8) is 0 Å². The third-order valence-electron chi connectivity index (χ3n) is 2.60. The van der Waals surface area contributed by atoms with Crippen molar-refractivity contribution in [1.82, 2.24) is 5.32 Å². The fourth-order valence-electron chi connectivity index (χ4n) is 1.59. The van der Waals surface area contributed by atoms with Gasteiger partial charge in [0.25, 0.3) is 0 Å². The van der Waals surface area contributed by atoms with Gasteiger partial charge >= 0.3 is 0 Å². The Bertz CT molecular complexity index is 341. The van der Waals surface area contributed by atoms with Crippen LogP contribution in [0.5, 0.6) is 5.75 Å². The lowest BCUT2D eigenvalue weighted by Crippen LogP contribution is -2.46. The first kappa shape index (κ1) is 10.2. The molecule has 0 bridgehead atoms. The van der Waals surface area contributed by atoms with Gasteiger partial charge in [0, 0.05) is 24.6 Å². The van der Waals surface area contributed by atoms with E-state index in [-0.39, 0.29) is 11.7 Å². The number of Topliss-reactive ketones (excluding diaryl/α,β-unsaturated/α-hetero) is 1. The van der Waals surface area contributed by atoms with E-state index < -0.39 is 0 Å².